The van der Waals surface area contributed by atoms with E-state index in [4.69, 9.17) is 0 Å². The number of rotatable bonds is 7. The van der Waals surface area contributed by atoms with Crippen molar-refractivity contribution in [3.05, 3.63) is 63.7 Å². The second kappa shape index (κ2) is 12.5. The number of nitrogens with zero attached hydrogens (tertiary/aromatic N) is 4. The highest BCUT2D eigenvalue weighted by molar-refractivity contribution is 5.79. The van der Waals surface area contributed by atoms with Crippen molar-refractivity contribution in [2.45, 2.75) is 71.1 Å². The minimum Gasteiger partial charge on any atom is -0.382 e. The largest absolute Gasteiger partial charge is 0.423 e. The number of halogens is 3. The summed E-state index contributed by atoms with van der Waals surface area (Å²) in [4.78, 5) is 30.0. The van der Waals surface area contributed by atoms with Gasteiger partial charge in [-0.2, -0.15) is 13.2 Å². The molecule has 1 amide bonds. The van der Waals surface area contributed by atoms with Crippen LogP contribution >= 0.6 is 0 Å². The molecule has 1 N–H and O–H groups in total. The van der Waals surface area contributed by atoms with Crippen LogP contribution in [-0.2, 0) is 16.4 Å². The van der Waals surface area contributed by atoms with Gasteiger partial charge < -0.3 is 15.1 Å². The molecule has 2 saturated heterocycles. The van der Waals surface area contributed by atoms with Gasteiger partial charge in [0.15, 0.2) is 0 Å². The number of nitro benzene ring substituents is 1. The van der Waals surface area contributed by atoms with Gasteiger partial charge in [0.25, 0.3) is 5.69 Å². The number of alkyl halides is 3. The maximum atomic E-state index is 13.4. The van der Waals surface area contributed by atoms with E-state index < -0.39 is 22.4 Å². The molecule has 2 unspecified atom stereocenters. The monoisotopic (exact) mass is 589 g/mol. The summed E-state index contributed by atoms with van der Waals surface area (Å²) in [6, 6.07) is 11.7. The minimum absolute atomic E-state index is 0.0830. The Morgan fingerprint density at radius 3 is 2.07 bits per heavy atom. The highest BCUT2D eigenvalue weighted by Gasteiger charge is 2.39. The van der Waals surface area contributed by atoms with Crippen LogP contribution in [0.3, 0.4) is 0 Å². The molecule has 0 aromatic heterocycles. The number of piperazine rings is 1. The van der Waals surface area contributed by atoms with Crippen LogP contribution < -0.4 is 10.2 Å². The zero-order valence-corrected chi connectivity index (χ0v) is 25.1. The molecule has 0 spiro atoms. The lowest BCUT2D eigenvalue weighted by Gasteiger charge is -2.42. The number of nitrogens with one attached hydrogen (secondary N) is 1. The lowest BCUT2D eigenvalue weighted by atomic mass is 9.87. The number of benzene rings is 2. The average molecular weight is 590 g/mol. The molecule has 11 heteroatoms. The molecule has 0 saturated carbocycles. The molecule has 2 aromatic carbocycles. The molecule has 42 heavy (non-hydrogen) atoms. The van der Waals surface area contributed by atoms with Crippen LogP contribution in [0.4, 0.5) is 30.2 Å². The summed E-state index contributed by atoms with van der Waals surface area (Å²) in [7, 11) is 0. The first-order valence-electron chi connectivity index (χ1n) is 14.7. The van der Waals surface area contributed by atoms with E-state index in [1.54, 1.807) is 0 Å². The van der Waals surface area contributed by atoms with E-state index in [-0.39, 0.29) is 35.0 Å². The molecule has 0 aliphatic carbocycles. The number of likely N-dealkylation sites (tertiary alicyclic amines) is 1. The van der Waals surface area contributed by atoms with E-state index in [9.17, 15) is 28.1 Å². The molecule has 2 aliphatic heterocycles. The van der Waals surface area contributed by atoms with Gasteiger partial charge in [-0.1, -0.05) is 39.8 Å². The number of piperidine rings is 1. The number of carbonyl (C=O) groups is 1. The van der Waals surface area contributed by atoms with Gasteiger partial charge in [-0.3, -0.25) is 19.8 Å². The van der Waals surface area contributed by atoms with E-state index in [0.29, 0.717) is 25.9 Å². The van der Waals surface area contributed by atoms with Crippen molar-refractivity contribution in [3.63, 3.8) is 0 Å². The molecule has 4 rings (SSSR count). The molecular weight excluding hydrogens is 547 g/mol. The van der Waals surface area contributed by atoms with Crippen molar-refractivity contribution in [1.29, 1.82) is 0 Å². The third-order valence-corrected chi connectivity index (χ3v) is 8.78. The van der Waals surface area contributed by atoms with Crippen molar-refractivity contribution in [2.24, 2.45) is 5.92 Å². The lowest BCUT2D eigenvalue weighted by molar-refractivity contribution is -0.388. The highest BCUT2D eigenvalue weighted by Crippen LogP contribution is 2.38. The van der Waals surface area contributed by atoms with Crippen LogP contribution in [0, 0.1) is 16.0 Å². The molecule has 2 aliphatic rings. The molecule has 2 atom stereocenters. The van der Waals surface area contributed by atoms with Crippen LogP contribution in [0.15, 0.2) is 42.5 Å². The van der Waals surface area contributed by atoms with E-state index in [2.05, 4.69) is 67.1 Å². The van der Waals surface area contributed by atoms with Crippen molar-refractivity contribution >= 4 is 23.0 Å². The van der Waals surface area contributed by atoms with Crippen molar-refractivity contribution < 1.29 is 22.9 Å². The summed E-state index contributed by atoms with van der Waals surface area (Å²) in [5.74, 6) is -0.0908. The van der Waals surface area contributed by atoms with Gasteiger partial charge in [0.05, 0.1) is 10.8 Å². The van der Waals surface area contributed by atoms with Crippen molar-refractivity contribution in [1.82, 2.24) is 9.80 Å². The third kappa shape index (κ3) is 7.35. The SMILES string of the molecule is CC(C(=O)N1CCC(Nc2ccc([N+](=O)[O-])c(C(F)(F)F)c2)CC1)C(C)N1CCN(c2ccc(C(C)(C)C)cc2)CC1. The number of carbonyl (C=O) groups excluding carboxylic acids is 1. The summed E-state index contributed by atoms with van der Waals surface area (Å²) in [6.45, 7) is 15.3. The van der Waals surface area contributed by atoms with Crippen LogP contribution in [0.25, 0.3) is 0 Å². The predicted molar refractivity (Wildman–Crippen MR) is 159 cm³/mol. The summed E-state index contributed by atoms with van der Waals surface area (Å²) >= 11 is 0. The lowest BCUT2D eigenvalue weighted by Crippen LogP contribution is -2.54. The number of hydrogen-bond donors (Lipinski definition) is 1. The number of amides is 1. The molecule has 2 fully saturated rings. The van der Waals surface area contributed by atoms with Gasteiger partial charge in [0.1, 0.15) is 5.56 Å². The molecular formula is C31H42F3N5O3. The maximum Gasteiger partial charge on any atom is 0.423 e. The van der Waals surface area contributed by atoms with Gasteiger partial charge in [-0.25, -0.2) is 0 Å². The first-order valence-corrected chi connectivity index (χ1v) is 14.7. The normalized spacial score (nSPS) is 19.0. The topological polar surface area (TPSA) is 82.0 Å². The van der Waals surface area contributed by atoms with Gasteiger partial charge in [0.2, 0.25) is 5.91 Å². The molecule has 2 heterocycles. The minimum atomic E-state index is -4.83. The second-order valence-electron chi connectivity index (χ2n) is 12.6. The van der Waals surface area contributed by atoms with Crippen LogP contribution in [-0.4, -0.2) is 72.0 Å². The smallest absolute Gasteiger partial charge is 0.382 e. The summed E-state index contributed by atoms with van der Waals surface area (Å²) in [5.41, 5.74) is 0.602. The Hall–Kier alpha value is -3.34. The van der Waals surface area contributed by atoms with Crippen molar-refractivity contribution in [3.8, 4) is 0 Å². The number of anilines is 2. The third-order valence-electron chi connectivity index (χ3n) is 8.78. The van der Waals surface area contributed by atoms with Gasteiger partial charge in [0, 0.05) is 68.8 Å². The first kappa shape index (κ1) is 31.6. The van der Waals surface area contributed by atoms with Crippen LogP contribution in [0.2, 0.25) is 0 Å². The van der Waals surface area contributed by atoms with Gasteiger partial charge in [-0.15, -0.1) is 0 Å². The average Bonchev–Trinajstić information content (AvgIpc) is 2.95. The van der Waals surface area contributed by atoms with E-state index in [0.717, 1.165) is 38.3 Å². The Kier molecular flexibility index (Phi) is 9.39. The Labute approximate surface area is 246 Å². The van der Waals surface area contributed by atoms with Crippen LogP contribution in [0.5, 0.6) is 0 Å². The fourth-order valence-corrected chi connectivity index (χ4v) is 5.86. The molecule has 230 valence electrons. The Balaban J connectivity index is 1.26. The fourth-order valence-electron chi connectivity index (χ4n) is 5.86. The first-order chi connectivity index (χ1) is 19.6. The van der Waals surface area contributed by atoms with Crippen molar-refractivity contribution in [2.75, 3.05) is 49.5 Å². The van der Waals surface area contributed by atoms with E-state index >= 15 is 0 Å². The number of hydrogen-bond acceptors (Lipinski definition) is 6. The van der Waals surface area contributed by atoms with E-state index in [1.807, 2.05) is 11.8 Å². The Bertz CT molecular complexity index is 1250. The molecule has 2 aromatic rings. The zero-order valence-electron chi connectivity index (χ0n) is 25.1. The van der Waals surface area contributed by atoms with E-state index in [1.165, 1.54) is 17.3 Å². The molecule has 0 bridgehead atoms. The summed E-state index contributed by atoms with van der Waals surface area (Å²) < 4.78 is 40.0. The van der Waals surface area contributed by atoms with Gasteiger partial charge >= 0.3 is 6.18 Å². The number of nitro groups is 1. The Morgan fingerprint density at radius 1 is 0.952 bits per heavy atom. The molecule has 8 nitrogen and oxygen atoms in total. The maximum absolute atomic E-state index is 13.4. The van der Waals surface area contributed by atoms with Gasteiger partial charge in [-0.05, 0) is 55.0 Å². The molecule has 0 radical (unpaired) electrons. The fraction of sp³-hybridized carbons (Fsp3) is 0.581. The standard InChI is InChI=1S/C31H42F3N5O3/c1-21(22(2)36-16-18-37(19-17-36)26-9-6-23(7-10-26)30(3,4)5)29(40)38-14-12-24(13-15-38)35-25-8-11-28(39(41)42)27(20-25)31(32,33)34/h6-11,20-22,24,35H,12-19H2,1-5H3. The Morgan fingerprint density at radius 2 is 1.55 bits per heavy atom. The second-order valence-corrected chi connectivity index (χ2v) is 12.6. The summed E-state index contributed by atoms with van der Waals surface area (Å²) in [6.07, 6.45) is -3.66. The quantitative estimate of drug-likeness (QED) is 0.308. The summed E-state index contributed by atoms with van der Waals surface area (Å²) in [5, 5.41) is 14.1. The predicted octanol–water partition coefficient (Wildman–Crippen LogP) is 6.16. The zero-order chi connectivity index (χ0) is 30.8. The highest BCUT2D eigenvalue weighted by atomic mass is 19.4. The van der Waals surface area contributed by atoms with Crippen LogP contribution in [0.1, 0.15) is 58.6 Å².